The molecular weight excluding hydrogens is 334 g/mol. The van der Waals surface area contributed by atoms with E-state index in [1.165, 1.54) is 35.7 Å². The third-order valence-electron chi connectivity index (χ3n) is 4.72. The Hall–Kier alpha value is -1.89. The van der Waals surface area contributed by atoms with E-state index in [-0.39, 0.29) is 11.2 Å². The lowest BCUT2D eigenvalue weighted by Crippen LogP contribution is -2.37. The van der Waals surface area contributed by atoms with Crippen LogP contribution >= 0.6 is 11.8 Å². The summed E-state index contributed by atoms with van der Waals surface area (Å²) in [7, 11) is 0. The molecule has 1 aromatic carbocycles. The van der Waals surface area contributed by atoms with Gasteiger partial charge >= 0.3 is 0 Å². The molecule has 0 unspecified atom stereocenters. The first-order valence-electron chi connectivity index (χ1n) is 8.87. The summed E-state index contributed by atoms with van der Waals surface area (Å²) >= 11 is 1.43. The predicted molar refractivity (Wildman–Crippen MR) is 99.0 cm³/mol. The van der Waals surface area contributed by atoms with E-state index < -0.39 is 0 Å². The highest BCUT2D eigenvalue weighted by Crippen LogP contribution is 2.25. The van der Waals surface area contributed by atoms with Crippen LogP contribution < -0.4 is 0 Å². The second-order valence-corrected chi connectivity index (χ2v) is 7.95. The van der Waals surface area contributed by atoms with Crippen molar-refractivity contribution in [3.05, 3.63) is 29.3 Å². The van der Waals surface area contributed by atoms with E-state index in [9.17, 15) is 4.79 Å². The van der Waals surface area contributed by atoms with Crippen LogP contribution in [0.15, 0.2) is 23.4 Å². The van der Waals surface area contributed by atoms with E-state index >= 15 is 0 Å². The minimum atomic E-state index is -0.200. The number of carbonyl (C=O) groups excluding carboxylic acids is 1. The van der Waals surface area contributed by atoms with Crippen molar-refractivity contribution in [2.45, 2.75) is 56.9 Å². The van der Waals surface area contributed by atoms with Crippen molar-refractivity contribution in [2.24, 2.45) is 0 Å². The van der Waals surface area contributed by atoms with Crippen molar-refractivity contribution in [1.82, 2.24) is 25.1 Å². The number of thioether (sulfide) groups is 1. The minimum absolute atomic E-state index is 0.182. The summed E-state index contributed by atoms with van der Waals surface area (Å²) in [6.45, 7) is 7.83. The van der Waals surface area contributed by atoms with Crippen molar-refractivity contribution >= 4 is 17.7 Å². The van der Waals surface area contributed by atoms with Crippen molar-refractivity contribution in [3.8, 4) is 5.69 Å². The lowest BCUT2D eigenvalue weighted by Gasteiger charge is -2.23. The molecule has 1 aromatic heterocycles. The van der Waals surface area contributed by atoms with Crippen LogP contribution in [0.5, 0.6) is 0 Å². The Bertz CT molecular complexity index is 737. The van der Waals surface area contributed by atoms with Crippen LogP contribution in [-0.2, 0) is 4.79 Å². The number of aromatic nitrogens is 4. The lowest BCUT2D eigenvalue weighted by molar-refractivity contribution is -0.130. The molecular formula is C18H25N5OS. The number of carbonyl (C=O) groups is 1. The van der Waals surface area contributed by atoms with E-state index in [2.05, 4.69) is 41.5 Å². The molecule has 1 saturated heterocycles. The maximum Gasteiger partial charge on any atom is 0.235 e. The average molecular weight is 359 g/mol. The molecule has 0 bridgehead atoms. The summed E-state index contributed by atoms with van der Waals surface area (Å²) in [6, 6.07) is 6.13. The topological polar surface area (TPSA) is 63.9 Å². The molecule has 2 aromatic rings. The number of amides is 1. The van der Waals surface area contributed by atoms with Gasteiger partial charge in [0.15, 0.2) is 0 Å². The maximum atomic E-state index is 12.8. The SMILES string of the molecule is Cc1ccc(-n2nnnc2S[C@H](C)C(=O)N2CCCCCC2)cc1C. The summed E-state index contributed by atoms with van der Waals surface area (Å²) in [5.41, 5.74) is 3.35. The van der Waals surface area contributed by atoms with Gasteiger partial charge in [0.2, 0.25) is 11.1 Å². The number of hydrogen-bond donors (Lipinski definition) is 0. The Morgan fingerprint density at radius 1 is 1.12 bits per heavy atom. The molecule has 0 radical (unpaired) electrons. The first-order chi connectivity index (χ1) is 12.1. The number of hydrogen-bond acceptors (Lipinski definition) is 5. The van der Waals surface area contributed by atoms with Crippen molar-refractivity contribution in [2.75, 3.05) is 13.1 Å². The molecule has 0 spiro atoms. The summed E-state index contributed by atoms with van der Waals surface area (Å²) in [4.78, 5) is 14.7. The van der Waals surface area contributed by atoms with E-state index in [0.29, 0.717) is 5.16 Å². The number of rotatable bonds is 4. The van der Waals surface area contributed by atoms with Gasteiger partial charge in [-0.05, 0) is 67.3 Å². The molecule has 1 aliphatic rings. The quantitative estimate of drug-likeness (QED) is 0.785. The van der Waals surface area contributed by atoms with Crippen LogP contribution in [0.2, 0.25) is 0 Å². The van der Waals surface area contributed by atoms with Gasteiger partial charge in [-0.1, -0.05) is 30.7 Å². The highest BCUT2D eigenvalue weighted by Gasteiger charge is 2.24. The Morgan fingerprint density at radius 2 is 1.84 bits per heavy atom. The zero-order valence-corrected chi connectivity index (χ0v) is 15.9. The van der Waals surface area contributed by atoms with Gasteiger partial charge in [-0.3, -0.25) is 4.79 Å². The molecule has 25 heavy (non-hydrogen) atoms. The first kappa shape index (κ1) is 17.9. The molecule has 3 rings (SSSR count). The van der Waals surface area contributed by atoms with Crippen LogP contribution in [0.1, 0.15) is 43.7 Å². The molecule has 1 amide bonds. The fourth-order valence-electron chi connectivity index (χ4n) is 3.03. The normalized spacial score (nSPS) is 16.5. The summed E-state index contributed by atoms with van der Waals surface area (Å²) in [5.74, 6) is 0.182. The Kier molecular flexibility index (Phi) is 5.73. The average Bonchev–Trinajstić information content (AvgIpc) is 2.89. The number of aryl methyl sites for hydroxylation is 2. The van der Waals surface area contributed by atoms with Crippen LogP contribution in [0.25, 0.3) is 5.69 Å². The summed E-state index contributed by atoms with van der Waals surface area (Å²) < 4.78 is 1.71. The standard InChI is InChI=1S/C18H25N5OS/c1-13-8-9-16(12-14(13)2)23-18(19-20-21-23)25-15(3)17(24)22-10-6-4-5-7-11-22/h8-9,12,15H,4-7,10-11H2,1-3H3/t15-/m1/s1. The molecule has 0 aliphatic carbocycles. The van der Waals surface area contributed by atoms with Gasteiger partial charge in [-0.2, -0.15) is 4.68 Å². The second-order valence-electron chi connectivity index (χ2n) is 6.64. The third kappa shape index (κ3) is 4.21. The van der Waals surface area contributed by atoms with Gasteiger partial charge in [-0.15, -0.1) is 5.10 Å². The van der Waals surface area contributed by atoms with Gasteiger partial charge < -0.3 is 4.90 Å². The molecule has 6 nitrogen and oxygen atoms in total. The third-order valence-corrected chi connectivity index (χ3v) is 5.74. The second kappa shape index (κ2) is 7.99. The van der Waals surface area contributed by atoms with Gasteiger partial charge in [-0.25, -0.2) is 0 Å². The number of benzene rings is 1. The Balaban J connectivity index is 1.73. The van der Waals surface area contributed by atoms with Crippen LogP contribution in [0.4, 0.5) is 0 Å². The van der Waals surface area contributed by atoms with Gasteiger partial charge in [0.1, 0.15) is 0 Å². The zero-order chi connectivity index (χ0) is 17.8. The lowest BCUT2D eigenvalue weighted by atomic mass is 10.1. The smallest absolute Gasteiger partial charge is 0.235 e. The van der Waals surface area contributed by atoms with E-state index in [4.69, 9.17) is 0 Å². The zero-order valence-electron chi connectivity index (χ0n) is 15.1. The molecule has 0 saturated carbocycles. The van der Waals surface area contributed by atoms with E-state index in [1.807, 2.05) is 17.9 Å². The number of nitrogens with zero attached hydrogens (tertiary/aromatic N) is 5. The van der Waals surface area contributed by atoms with Crippen LogP contribution in [0.3, 0.4) is 0 Å². The molecule has 2 heterocycles. The van der Waals surface area contributed by atoms with Gasteiger partial charge in [0.05, 0.1) is 10.9 Å². The van der Waals surface area contributed by atoms with Crippen LogP contribution in [-0.4, -0.2) is 49.4 Å². The highest BCUT2D eigenvalue weighted by molar-refractivity contribution is 8.00. The largest absolute Gasteiger partial charge is 0.342 e. The van der Waals surface area contributed by atoms with Crippen molar-refractivity contribution in [1.29, 1.82) is 0 Å². The monoisotopic (exact) mass is 359 g/mol. The summed E-state index contributed by atoms with van der Waals surface area (Å²) in [5, 5.41) is 12.5. The molecule has 7 heteroatoms. The van der Waals surface area contributed by atoms with Crippen LogP contribution in [0, 0.1) is 13.8 Å². The number of tetrazole rings is 1. The van der Waals surface area contributed by atoms with Gasteiger partial charge in [0.25, 0.3) is 0 Å². The molecule has 1 fully saturated rings. The predicted octanol–water partition coefficient (Wildman–Crippen LogP) is 3.16. The fraction of sp³-hybridized carbons (Fsp3) is 0.556. The van der Waals surface area contributed by atoms with Gasteiger partial charge in [0, 0.05) is 13.1 Å². The highest BCUT2D eigenvalue weighted by atomic mass is 32.2. The van der Waals surface area contributed by atoms with E-state index in [0.717, 1.165) is 31.6 Å². The fourth-order valence-corrected chi connectivity index (χ4v) is 3.92. The number of likely N-dealkylation sites (tertiary alicyclic amines) is 1. The Labute approximate surface area is 153 Å². The molecule has 134 valence electrons. The minimum Gasteiger partial charge on any atom is -0.342 e. The first-order valence-corrected chi connectivity index (χ1v) is 9.75. The Morgan fingerprint density at radius 3 is 2.52 bits per heavy atom. The molecule has 0 N–H and O–H groups in total. The summed E-state index contributed by atoms with van der Waals surface area (Å²) in [6.07, 6.45) is 4.64. The van der Waals surface area contributed by atoms with E-state index in [1.54, 1.807) is 4.68 Å². The van der Waals surface area contributed by atoms with Crippen molar-refractivity contribution < 1.29 is 4.79 Å². The van der Waals surface area contributed by atoms with Crippen molar-refractivity contribution in [3.63, 3.8) is 0 Å². The maximum absolute atomic E-state index is 12.8. The molecule has 1 atom stereocenters. The molecule has 1 aliphatic heterocycles.